The Labute approximate surface area is 296 Å². The maximum atomic E-state index is 14.4. The largest absolute Gasteiger partial charge is 0.497 e. The fourth-order valence-electron chi connectivity index (χ4n) is 5.78. The summed E-state index contributed by atoms with van der Waals surface area (Å²) < 4.78 is 29.3. The van der Waals surface area contributed by atoms with E-state index in [0.29, 0.717) is 44.3 Å². The van der Waals surface area contributed by atoms with Crippen molar-refractivity contribution >= 4 is 51.7 Å². The molecule has 3 atom stereocenters. The molecule has 12 nitrogen and oxygen atoms in total. The van der Waals surface area contributed by atoms with Crippen LogP contribution < -0.4 is 24.3 Å². The van der Waals surface area contributed by atoms with Crippen LogP contribution in [0.3, 0.4) is 0 Å². The lowest BCUT2D eigenvalue weighted by molar-refractivity contribution is -0.118. The van der Waals surface area contributed by atoms with E-state index in [1.807, 2.05) is 46.9 Å². The molecule has 2 amide bonds. The third-order valence-electron chi connectivity index (χ3n) is 8.23. The van der Waals surface area contributed by atoms with Gasteiger partial charge in [-0.3, -0.25) is 14.4 Å². The fourth-order valence-corrected chi connectivity index (χ4v) is 6.53. The van der Waals surface area contributed by atoms with Crippen molar-refractivity contribution < 1.29 is 48.0 Å². The predicted octanol–water partition coefficient (Wildman–Crippen LogP) is 4.18. The Kier molecular flexibility index (Phi) is 11.8. The number of aliphatic hydroxyl groups is 2. The Bertz CT molecular complexity index is 1850. The minimum absolute atomic E-state index is 0.00704. The first-order chi connectivity index (χ1) is 23.7. The molecular formula is C36H37IN2O10. The number of nitrogens with zero attached hydrogens (tertiary/aromatic N) is 1. The van der Waals surface area contributed by atoms with Gasteiger partial charge in [0.15, 0.2) is 28.6 Å². The van der Waals surface area contributed by atoms with E-state index in [1.165, 1.54) is 31.3 Å². The van der Waals surface area contributed by atoms with Crippen LogP contribution in [0.15, 0.2) is 76.7 Å². The lowest BCUT2D eigenvalue weighted by Gasteiger charge is -2.40. The van der Waals surface area contributed by atoms with Crippen LogP contribution in [0.25, 0.3) is 11.0 Å². The Balaban J connectivity index is 1.57. The SMILES string of the molecule is COc1cccc(CCN(C(=O)c2cc3cccc(OC)c3o2)C2CC(C(=O)NCCO)=CC(Oc3c(I)cc(C=O)cc3OC)C2O)c1. The average molecular weight is 785 g/mol. The molecule has 13 heteroatoms. The molecule has 0 saturated heterocycles. The van der Waals surface area contributed by atoms with Crippen molar-refractivity contribution in [2.24, 2.45) is 0 Å². The third kappa shape index (κ3) is 8.00. The second-order valence-corrected chi connectivity index (χ2v) is 12.4. The number of carbonyl (C=O) groups excluding carboxylic acids is 3. The highest BCUT2D eigenvalue weighted by atomic mass is 127. The summed E-state index contributed by atoms with van der Waals surface area (Å²) in [6.45, 7) is -0.133. The topological polar surface area (TPSA) is 157 Å². The molecule has 1 heterocycles. The molecule has 3 N–H and O–H groups in total. The normalized spacial score (nSPS) is 17.2. The lowest BCUT2D eigenvalue weighted by Crippen LogP contribution is -2.55. The summed E-state index contributed by atoms with van der Waals surface area (Å²) in [5.74, 6) is 0.654. The fraction of sp³-hybridized carbons (Fsp3) is 0.306. The van der Waals surface area contributed by atoms with Gasteiger partial charge in [-0.1, -0.05) is 24.3 Å². The second-order valence-electron chi connectivity index (χ2n) is 11.3. The van der Waals surface area contributed by atoms with Gasteiger partial charge in [0.1, 0.15) is 24.2 Å². The number of methoxy groups -OCH3 is 3. The standard InChI is InChI=1S/C36H37IN2O10/c1-45-25-8-4-6-21(14-25)10-12-39(36(44)31-18-23-7-5-9-28(46-2)33(23)49-31)27-17-24(35(43)38-11-13-40)19-29(32(27)42)48-34-26(37)15-22(20-41)16-30(34)47-3/h4-9,14-16,18-20,27,29,32,40,42H,10-13,17H2,1-3H3,(H,38,43). The highest BCUT2D eigenvalue weighted by Gasteiger charge is 2.42. The van der Waals surface area contributed by atoms with E-state index in [0.717, 1.165) is 5.56 Å². The Hall–Kier alpha value is -4.60. The van der Waals surface area contributed by atoms with Crippen LogP contribution in [0.2, 0.25) is 0 Å². The number of aldehydes is 1. The van der Waals surface area contributed by atoms with E-state index < -0.39 is 30.1 Å². The third-order valence-corrected chi connectivity index (χ3v) is 9.03. The van der Waals surface area contributed by atoms with Crippen LogP contribution in [-0.2, 0) is 11.2 Å². The van der Waals surface area contributed by atoms with E-state index in [2.05, 4.69) is 5.32 Å². The molecule has 0 aliphatic heterocycles. The zero-order valence-corrected chi connectivity index (χ0v) is 29.3. The molecule has 49 heavy (non-hydrogen) atoms. The summed E-state index contributed by atoms with van der Waals surface area (Å²) in [4.78, 5) is 40.8. The molecular weight excluding hydrogens is 747 g/mol. The number of hydrogen-bond donors (Lipinski definition) is 3. The van der Waals surface area contributed by atoms with E-state index in [1.54, 1.807) is 37.4 Å². The van der Waals surface area contributed by atoms with E-state index >= 15 is 0 Å². The van der Waals surface area contributed by atoms with Gasteiger partial charge in [0.05, 0.1) is 37.5 Å². The van der Waals surface area contributed by atoms with Crippen LogP contribution in [0.5, 0.6) is 23.0 Å². The average Bonchev–Trinajstić information content (AvgIpc) is 3.57. The monoisotopic (exact) mass is 784 g/mol. The molecule has 0 saturated carbocycles. The maximum Gasteiger partial charge on any atom is 0.289 e. The van der Waals surface area contributed by atoms with Crippen molar-refractivity contribution in [3.05, 3.63) is 92.8 Å². The number of amides is 2. The number of carbonyl (C=O) groups is 3. The van der Waals surface area contributed by atoms with E-state index in [-0.39, 0.29) is 48.9 Å². The number of para-hydroxylation sites is 1. The molecule has 5 rings (SSSR count). The van der Waals surface area contributed by atoms with Crippen molar-refractivity contribution in [2.75, 3.05) is 41.0 Å². The highest BCUT2D eigenvalue weighted by Crippen LogP contribution is 2.37. The van der Waals surface area contributed by atoms with Gasteiger partial charge in [0.2, 0.25) is 5.91 Å². The summed E-state index contributed by atoms with van der Waals surface area (Å²) in [6, 6.07) is 16.5. The number of nitrogens with one attached hydrogen (secondary N) is 1. The smallest absolute Gasteiger partial charge is 0.289 e. The first kappa shape index (κ1) is 35.7. The summed E-state index contributed by atoms with van der Waals surface area (Å²) in [6.07, 6.45) is 0.103. The van der Waals surface area contributed by atoms with Gasteiger partial charge in [0.25, 0.3) is 5.91 Å². The number of rotatable bonds is 14. The number of fused-ring (bicyclic) bond motifs is 1. The quantitative estimate of drug-likeness (QED) is 0.125. The Morgan fingerprint density at radius 1 is 1.04 bits per heavy atom. The van der Waals surface area contributed by atoms with Gasteiger partial charge >= 0.3 is 0 Å². The molecule has 258 valence electrons. The molecule has 3 aromatic carbocycles. The van der Waals surface area contributed by atoms with Gasteiger partial charge in [-0.15, -0.1) is 0 Å². The number of ether oxygens (including phenoxy) is 4. The summed E-state index contributed by atoms with van der Waals surface area (Å²) in [7, 11) is 4.51. The van der Waals surface area contributed by atoms with Crippen molar-refractivity contribution in [1.82, 2.24) is 10.2 Å². The van der Waals surface area contributed by atoms with E-state index in [9.17, 15) is 24.6 Å². The molecule has 0 bridgehead atoms. The van der Waals surface area contributed by atoms with Crippen LogP contribution in [0, 0.1) is 3.57 Å². The molecule has 4 aromatic rings. The highest BCUT2D eigenvalue weighted by molar-refractivity contribution is 14.1. The molecule has 0 spiro atoms. The minimum atomic E-state index is -1.33. The molecule has 0 radical (unpaired) electrons. The van der Waals surface area contributed by atoms with E-state index in [4.69, 9.17) is 23.4 Å². The van der Waals surface area contributed by atoms with Crippen molar-refractivity contribution in [1.29, 1.82) is 0 Å². The number of halogens is 1. The van der Waals surface area contributed by atoms with Gasteiger partial charge in [-0.2, -0.15) is 0 Å². The first-order valence-corrected chi connectivity index (χ1v) is 16.6. The molecule has 1 aliphatic carbocycles. The van der Waals surface area contributed by atoms with Crippen LogP contribution >= 0.6 is 22.6 Å². The first-order valence-electron chi connectivity index (χ1n) is 15.5. The zero-order valence-electron chi connectivity index (χ0n) is 27.2. The number of benzene rings is 3. The zero-order chi connectivity index (χ0) is 35.1. The lowest BCUT2D eigenvalue weighted by atomic mass is 9.87. The summed E-state index contributed by atoms with van der Waals surface area (Å²) in [5, 5.41) is 24.7. The minimum Gasteiger partial charge on any atom is -0.497 e. The van der Waals surface area contributed by atoms with Gasteiger partial charge < -0.3 is 43.8 Å². The summed E-state index contributed by atoms with van der Waals surface area (Å²) >= 11 is 2.00. The molecule has 0 fully saturated rings. The van der Waals surface area contributed by atoms with Crippen LogP contribution in [0.1, 0.15) is 32.9 Å². The van der Waals surface area contributed by atoms with Crippen molar-refractivity contribution in [3.8, 4) is 23.0 Å². The van der Waals surface area contributed by atoms with Gasteiger partial charge in [-0.05, 0) is 77.0 Å². The van der Waals surface area contributed by atoms with Crippen LogP contribution in [-0.4, -0.2) is 92.5 Å². The van der Waals surface area contributed by atoms with Crippen LogP contribution in [0.4, 0.5) is 0 Å². The molecule has 1 aliphatic rings. The molecule has 3 unspecified atom stereocenters. The molecule has 1 aromatic heterocycles. The van der Waals surface area contributed by atoms with Crippen molar-refractivity contribution in [2.45, 2.75) is 31.1 Å². The Morgan fingerprint density at radius 2 is 1.82 bits per heavy atom. The summed E-state index contributed by atoms with van der Waals surface area (Å²) in [5.41, 5.74) is 1.90. The van der Waals surface area contributed by atoms with Gasteiger partial charge in [0, 0.05) is 36.0 Å². The maximum absolute atomic E-state index is 14.4. The van der Waals surface area contributed by atoms with Crippen molar-refractivity contribution in [3.63, 3.8) is 0 Å². The second kappa shape index (κ2) is 16.2. The van der Waals surface area contributed by atoms with Gasteiger partial charge in [-0.25, -0.2) is 0 Å². The Morgan fingerprint density at radius 3 is 2.53 bits per heavy atom. The number of aliphatic hydroxyl groups excluding tert-OH is 2. The predicted molar refractivity (Wildman–Crippen MR) is 189 cm³/mol. The number of hydrogen-bond acceptors (Lipinski definition) is 10. The number of furan rings is 1.